The number of primary sulfonamides is 1. The summed E-state index contributed by atoms with van der Waals surface area (Å²) >= 11 is 2.82. The third kappa shape index (κ3) is 4.76. The molecule has 0 unspecified atom stereocenters. The Hall–Kier alpha value is -0.990. The lowest BCUT2D eigenvalue weighted by atomic mass is 9.98. The normalized spacial score (nSPS) is 12.3. The molecule has 0 aliphatic carbocycles. The van der Waals surface area contributed by atoms with Crippen LogP contribution < -0.4 is 10.5 Å². The monoisotopic (exact) mass is 380 g/mol. The van der Waals surface area contributed by atoms with E-state index < -0.39 is 32.2 Å². The standard InChI is InChI=1S/C13H18BrFN2O3S/c1-4-5-13(2,3)17-12(18)8-6-9(15)11(14)10(7-8)21(16,19)20/h6-7H,4-5H2,1-3H3,(H,17,18)(H2,16,19,20). The van der Waals surface area contributed by atoms with Crippen LogP contribution in [0.3, 0.4) is 0 Å². The first-order valence-electron chi connectivity index (χ1n) is 6.32. The van der Waals surface area contributed by atoms with Crippen molar-refractivity contribution in [1.29, 1.82) is 0 Å². The minimum atomic E-state index is -4.13. The Bertz CT molecular complexity index is 660. The molecule has 5 nitrogen and oxygen atoms in total. The zero-order valence-corrected chi connectivity index (χ0v) is 14.4. The first-order valence-corrected chi connectivity index (χ1v) is 8.66. The first-order chi connectivity index (χ1) is 9.48. The van der Waals surface area contributed by atoms with Gasteiger partial charge in [0.05, 0.1) is 9.37 Å². The number of nitrogens with two attached hydrogens (primary N) is 1. The molecule has 1 rings (SSSR count). The Balaban J connectivity index is 3.21. The van der Waals surface area contributed by atoms with E-state index in [9.17, 15) is 17.6 Å². The Morgan fingerprint density at radius 1 is 1.43 bits per heavy atom. The number of benzene rings is 1. The van der Waals surface area contributed by atoms with Crippen LogP contribution in [0.2, 0.25) is 0 Å². The van der Waals surface area contributed by atoms with Gasteiger partial charge in [-0.1, -0.05) is 13.3 Å². The van der Waals surface area contributed by atoms with Crippen molar-refractivity contribution in [3.63, 3.8) is 0 Å². The predicted octanol–water partition coefficient (Wildman–Crippen LogP) is 2.54. The van der Waals surface area contributed by atoms with Gasteiger partial charge in [-0.05, 0) is 48.3 Å². The summed E-state index contributed by atoms with van der Waals surface area (Å²) in [6.45, 7) is 5.65. The maximum Gasteiger partial charge on any atom is 0.251 e. The van der Waals surface area contributed by atoms with Crippen LogP contribution in [0.15, 0.2) is 21.5 Å². The zero-order chi connectivity index (χ0) is 16.4. The van der Waals surface area contributed by atoms with Crippen LogP contribution >= 0.6 is 15.9 Å². The topological polar surface area (TPSA) is 89.3 Å². The molecule has 118 valence electrons. The van der Waals surface area contributed by atoms with E-state index in [-0.39, 0.29) is 10.0 Å². The molecule has 0 heterocycles. The van der Waals surface area contributed by atoms with E-state index in [0.717, 1.165) is 25.0 Å². The Labute approximate surface area is 132 Å². The molecular formula is C13H18BrFN2O3S. The van der Waals surface area contributed by atoms with Crippen molar-refractivity contribution in [1.82, 2.24) is 5.32 Å². The molecule has 1 aromatic rings. The summed E-state index contributed by atoms with van der Waals surface area (Å²) < 4.78 is 36.3. The van der Waals surface area contributed by atoms with E-state index in [1.807, 2.05) is 20.8 Å². The molecule has 0 saturated carbocycles. The highest BCUT2D eigenvalue weighted by atomic mass is 79.9. The third-order valence-corrected chi connectivity index (χ3v) is 4.89. The van der Waals surface area contributed by atoms with Gasteiger partial charge >= 0.3 is 0 Å². The van der Waals surface area contributed by atoms with Crippen LogP contribution in [0, 0.1) is 5.82 Å². The van der Waals surface area contributed by atoms with E-state index >= 15 is 0 Å². The maximum atomic E-state index is 13.8. The van der Waals surface area contributed by atoms with Gasteiger partial charge in [-0.3, -0.25) is 4.79 Å². The summed E-state index contributed by atoms with van der Waals surface area (Å²) in [7, 11) is -4.13. The molecule has 0 spiro atoms. The van der Waals surface area contributed by atoms with Crippen LogP contribution in [0.4, 0.5) is 4.39 Å². The van der Waals surface area contributed by atoms with Crippen molar-refractivity contribution in [2.24, 2.45) is 5.14 Å². The molecule has 0 bridgehead atoms. The Morgan fingerprint density at radius 3 is 2.48 bits per heavy atom. The molecule has 0 atom stereocenters. The molecule has 1 amide bonds. The SMILES string of the molecule is CCCC(C)(C)NC(=O)c1cc(F)c(Br)c(S(N)(=O)=O)c1. The predicted molar refractivity (Wildman–Crippen MR) is 81.9 cm³/mol. The van der Waals surface area contributed by atoms with Crippen molar-refractivity contribution in [2.75, 3.05) is 0 Å². The summed E-state index contributed by atoms with van der Waals surface area (Å²) in [5, 5.41) is 7.76. The summed E-state index contributed by atoms with van der Waals surface area (Å²) in [6, 6.07) is 2.02. The van der Waals surface area contributed by atoms with Gasteiger partial charge in [0.15, 0.2) is 0 Å². The quantitative estimate of drug-likeness (QED) is 0.822. The highest BCUT2D eigenvalue weighted by Crippen LogP contribution is 2.26. The fourth-order valence-electron chi connectivity index (χ4n) is 1.97. The molecule has 0 aromatic heterocycles. The smallest absolute Gasteiger partial charge is 0.251 e. The fourth-order valence-corrected chi connectivity index (χ4v) is 3.51. The van der Waals surface area contributed by atoms with Gasteiger partial charge in [-0.15, -0.1) is 0 Å². The van der Waals surface area contributed by atoms with Gasteiger partial charge in [0.1, 0.15) is 5.82 Å². The largest absolute Gasteiger partial charge is 0.347 e. The number of hydrogen-bond donors (Lipinski definition) is 2. The average Bonchev–Trinajstić information content (AvgIpc) is 2.29. The fraction of sp³-hybridized carbons (Fsp3) is 0.462. The number of hydrogen-bond acceptors (Lipinski definition) is 3. The summed E-state index contributed by atoms with van der Waals surface area (Å²) in [5.41, 5.74) is -0.569. The second-order valence-electron chi connectivity index (χ2n) is 5.40. The van der Waals surface area contributed by atoms with Gasteiger partial charge in [0.2, 0.25) is 10.0 Å². The van der Waals surface area contributed by atoms with Gasteiger partial charge in [0, 0.05) is 11.1 Å². The van der Waals surface area contributed by atoms with Crippen molar-refractivity contribution < 1.29 is 17.6 Å². The summed E-state index contributed by atoms with van der Waals surface area (Å²) in [6.07, 6.45) is 1.60. The van der Waals surface area contributed by atoms with E-state index in [1.165, 1.54) is 0 Å². The highest BCUT2D eigenvalue weighted by molar-refractivity contribution is 9.10. The summed E-state index contributed by atoms with van der Waals surface area (Å²) in [5.74, 6) is -1.41. The molecule has 0 saturated heterocycles. The van der Waals surface area contributed by atoms with Crippen molar-refractivity contribution in [2.45, 2.75) is 44.0 Å². The van der Waals surface area contributed by atoms with Crippen LogP contribution in [-0.4, -0.2) is 19.9 Å². The number of carbonyl (C=O) groups is 1. The number of sulfonamides is 1. The van der Waals surface area contributed by atoms with Crippen LogP contribution in [0.25, 0.3) is 0 Å². The molecular weight excluding hydrogens is 363 g/mol. The average molecular weight is 381 g/mol. The van der Waals surface area contributed by atoms with Crippen LogP contribution in [-0.2, 0) is 10.0 Å². The van der Waals surface area contributed by atoms with E-state index in [1.54, 1.807) is 0 Å². The molecule has 0 fully saturated rings. The first kappa shape index (κ1) is 18.1. The second kappa shape index (κ2) is 6.41. The second-order valence-corrected chi connectivity index (χ2v) is 7.73. The minimum Gasteiger partial charge on any atom is -0.347 e. The van der Waals surface area contributed by atoms with Gasteiger partial charge < -0.3 is 5.32 Å². The molecule has 0 aliphatic heterocycles. The lowest BCUT2D eigenvalue weighted by Crippen LogP contribution is -2.43. The number of rotatable bonds is 5. The summed E-state index contributed by atoms with van der Waals surface area (Å²) in [4.78, 5) is 11.7. The number of nitrogens with one attached hydrogen (secondary N) is 1. The van der Waals surface area contributed by atoms with Crippen molar-refractivity contribution in [3.8, 4) is 0 Å². The molecule has 8 heteroatoms. The highest BCUT2D eigenvalue weighted by Gasteiger charge is 2.24. The molecule has 21 heavy (non-hydrogen) atoms. The zero-order valence-electron chi connectivity index (χ0n) is 12.0. The van der Waals surface area contributed by atoms with Gasteiger partial charge in [0.25, 0.3) is 5.91 Å². The van der Waals surface area contributed by atoms with Gasteiger partial charge in [-0.25, -0.2) is 17.9 Å². The lowest BCUT2D eigenvalue weighted by molar-refractivity contribution is 0.0908. The van der Waals surface area contributed by atoms with Crippen molar-refractivity contribution >= 4 is 31.9 Å². The van der Waals surface area contributed by atoms with Crippen LogP contribution in [0.1, 0.15) is 44.0 Å². The van der Waals surface area contributed by atoms with Crippen molar-refractivity contribution in [3.05, 3.63) is 28.0 Å². The Kier molecular flexibility index (Phi) is 5.51. The van der Waals surface area contributed by atoms with E-state index in [0.29, 0.717) is 0 Å². The van der Waals surface area contributed by atoms with Crippen LogP contribution in [0.5, 0.6) is 0 Å². The van der Waals surface area contributed by atoms with E-state index in [2.05, 4.69) is 21.2 Å². The number of amides is 1. The lowest BCUT2D eigenvalue weighted by Gasteiger charge is -2.26. The third-order valence-electron chi connectivity index (χ3n) is 2.89. The maximum absolute atomic E-state index is 13.8. The molecule has 0 radical (unpaired) electrons. The Morgan fingerprint density at radius 2 is 2.00 bits per heavy atom. The molecule has 0 aliphatic rings. The molecule has 3 N–H and O–H groups in total. The van der Waals surface area contributed by atoms with E-state index in [4.69, 9.17) is 5.14 Å². The van der Waals surface area contributed by atoms with Gasteiger partial charge in [-0.2, -0.15) is 0 Å². The number of carbonyl (C=O) groups excluding carboxylic acids is 1. The number of halogens is 2. The minimum absolute atomic E-state index is 0.0936. The molecule has 1 aromatic carbocycles.